The Labute approximate surface area is 127 Å². The first kappa shape index (κ1) is 16.4. The first-order valence-electron chi connectivity index (χ1n) is 7.35. The number of hydrogen-bond donors (Lipinski definition) is 2. The van der Waals surface area contributed by atoms with Gasteiger partial charge in [-0.1, -0.05) is 12.1 Å². The van der Waals surface area contributed by atoms with Crippen molar-refractivity contribution in [1.29, 1.82) is 0 Å². The molecule has 6 heteroatoms. The van der Waals surface area contributed by atoms with Crippen LogP contribution in [0.5, 0.6) is 0 Å². The number of benzene rings is 1. The molecule has 1 saturated heterocycles. The predicted molar refractivity (Wildman–Crippen MR) is 84.5 cm³/mol. The Morgan fingerprint density at radius 2 is 2.14 bits per heavy atom. The van der Waals surface area contributed by atoms with Gasteiger partial charge < -0.3 is 10.6 Å². The molecule has 21 heavy (non-hydrogen) atoms. The second-order valence-corrected chi connectivity index (χ2v) is 7.66. The molecule has 2 rings (SSSR count). The first-order valence-corrected chi connectivity index (χ1v) is 8.84. The van der Waals surface area contributed by atoms with Gasteiger partial charge in [-0.25, -0.2) is 13.1 Å². The fourth-order valence-electron chi connectivity index (χ4n) is 2.82. The molecule has 1 aromatic rings. The summed E-state index contributed by atoms with van der Waals surface area (Å²) >= 11 is 0. The number of rotatable bonds is 4. The van der Waals surface area contributed by atoms with Gasteiger partial charge >= 0.3 is 0 Å². The van der Waals surface area contributed by atoms with Crippen LogP contribution in [0.25, 0.3) is 0 Å². The number of aryl methyl sites for hydroxylation is 1. The van der Waals surface area contributed by atoms with E-state index < -0.39 is 10.0 Å². The van der Waals surface area contributed by atoms with E-state index in [-0.39, 0.29) is 6.04 Å². The highest BCUT2D eigenvalue weighted by Crippen LogP contribution is 2.20. The number of nitrogens with one attached hydrogen (secondary N) is 1. The molecule has 5 nitrogen and oxygen atoms in total. The minimum Gasteiger partial charge on any atom is -0.326 e. The molecule has 1 fully saturated rings. The molecule has 1 aromatic carbocycles. The minimum atomic E-state index is -3.47. The highest BCUT2D eigenvalue weighted by molar-refractivity contribution is 7.89. The summed E-state index contributed by atoms with van der Waals surface area (Å²) in [5.74, 6) is 0. The molecule has 0 saturated carbocycles. The van der Waals surface area contributed by atoms with Gasteiger partial charge in [0.2, 0.25) is 10.0 Å². The van der Waals surface area contributed by atoms with Crippen LogP contribution >= 0.6 is 0 Å². The maximum Gasteiger partial charge on any atom is 0.241 e. The Hall–Kier alpha value is -0.950. The van der Waals surface area contributed by atoms with Crippen molar-refractivity contribution in [1.82, 2.24) is 9.62 Å². The Kier molecular flexibility index (Phi) is 5.03. The maximum absolute atomic E-state index is 12.6. The standard InChI is InChI=1S/C15H25N3O2S/c1-11-8-13(10-16)4-5-15(11)21(19,20)17-14-6-7-18(3)12(2)9-14/h4-5,8,12,14,17H,6-7,9-10,16H2,1-3H3. The maximum atomic E-state index is 12.6. The summed E-state index contributed by atoms with van der Waals surface area (Å²) < 4.78 is 28.0. The number of likely N-dealkylation sites (tertiary alicyclic amines) is 1. The van der Waals surface area contributed by atoms with Crippen molar-refractivity contribution in [2.24, 2.45) is 5.73 Å². The average molecular weight is 311 g/mol. The molecule has 0 amide bonds. The van der Waals surface area contributed by atoms with E-state index in [0.29, 0.717) is 17.5 Å². The molecule has 118 valence electrons. The van der Waals surface area contributed by atoms with E-state index in [9.17, 15) is 8.42 Å². The fourth-order valence-corrected chi connectivity index (χ4v) is 4.33. The highest BCUT2D eigenvalue weighted by atomic mass is 32.2. The molecule has 1 aliphatic rings. The van der Waals surface area contributed by atoms with Crippen LogP contribution in [-0.2, 0) is 16.6 Å². The number of hydrogen-bond acceptors (Lipinski definition) is 4. The Bertz CT molecular complexity index is 601. The molecule has 0 aliphatic carbocycles. The number of nitrogens with two attached hydrogens (primary N) is 1. The lowest BCUT2D eigenvalue weighted by Crippen LogP contribution is -2.47. The third kappa shape index (κ3) is 3.83. The molecule has 0 bridgehead atoms. The molecule has 2 unspecified atom stereocenters. The Morgan fingerprint density at radius 3 is 2.71 bits per heavy atom. The van der Waals surface area contributed by atoms with Crippen molar-refractivity contribution in [3.63, 3.8) is 0 Å². The molecular formula is C15H25N3O2S. The molecule has 2 atom stereocenters. The zero-order valence-corrected chi connectivity index (χ0v) is 13.8. The third-order valence-corrected chi connectivity index (χ3v) is 5.98. The number of piperidine rings is 1. The van der Waals surface area contributed by atoms with Crippen molar-refractivity contribution in [3.05, 3.63) is 29.3 Å². The lowest BCUT2D eigenvalue weighted by Gasteiger charge is -2.35. The van der Waals surface area contributed by atoms with E-state index in [0.717, 1.165) is 30.5 Å². The van der Waals surface area contributed by atoms with Gasteiger partial charge in [-0.15, -0.1) is 0 Å². The summed E-state index contributed by atoms with van der Waals surface area (Å²) in [4.78, 5) is 2.61. The van der Waals surface area contributed by atoms with Crippen molar-refractivity contribution in [2.45, 2.75) is 50.2 Å². The fraction of sp³-hybridized carbons (Fsp3) is 0.600. The quantitative estimate of drug-likeness (QED) is 0.876. The van der Waals surface area contributed by atoms with E-state index in [2.05, 4.69) is 23.6 Å². The second kappa shape index (κ2) is 6.44. The van der Waals surface area contributed by atoms with Crippen LogP contribution in [0.2, 0.25) is 0 Å². The predicted octanol–water partition coefficient (Wildman–Crippen LogP) is 1.21. The summed E-state index contributed by atoms with van der Waals surface area (Å²) in [6.07, 6.45) is 1.69. The van der Waals surface area contributed by atoms with Gasteiger partial charge in [-0.05, 0) is 57.5 Å². The summed E-state index contributed by atoms with van der Waals surface area (Å²) in [6.45, 7) is 5.27. The summed E-state index contributed by atoms with van der Waals surface area (Å²) in [7, 11) is -1.39. The average Bonchev–Trinajstić information content (AvgIpc) is 2.42. The molecule has 1 heterocycles. The molecule has 0 radical (unpaired) electrons. The smallest absolute Gasteiger partial charge is 0.241 e. The number of nitrogens with zero attached hydrogens (tertiary/aromatic N) is 1. The highest BCUT2D eigenvalue weighted by Gasteiger charge is 2.27. The first-order chi connectivity index (χ1) is 9.83. The van der Waals surface area contributed by atoms with Gasteiger partial charge in [-0.3, -0.25) is 0 Å². The van der Waals surface area contributed by atoms with Crippen LogP contribution in [0.4, 0.5) is 0 Å². The zero-order valence-electron chi connectivity index (χ0n) is 13.0. The van der Waals surface area contributed by atoms with Crippen molar-refractivity contribution < 1.29 is 8.42 Å². The van der Waals surface area contributed by atoms with Gasteiger partial charge in [0.15, 0.2) is 0 Å². The van der Waals surface area contributed by atoms with Crippen LogP contribution < -0.4 is 10.5 Å². The van der Waals surface area contributed by atoms with Crippen LogP contribution in [0, 0.1) is 6.92 Å². The molecule has 0 aromatic heterocycles. The monoisotopic (exact) mass is 311 g/mol. The molecule has 3 N–H and O–H groups in total. The zero-order chi connectivity index (χ0) is 15.6. The van der Waals surface area contributed by atoms with Gasteiger partial charge in [0.1, 0.15) is 0 Å². The van der Waals surface area contributed by atoms with Gasteiger partial charge in [0.05, 0.1) is 4.90 Å². The van der Waals surface area contributed by atoms with Crippen molar-refractivity contribution in [2.75, 3.05) is 13.6 Å². The van der Waals surface area contributed by atoms with E-state index in [1.165, 1.54) is 0 Å². The van der Waals surface area contributed by atoms with Crippen molar-refractivity contribution >= 4 is 10.0 Å². The van der Waals surface area contributed by atoms with Crippen LogP contribution in [0.1, 0.15) is 30.9 Å². The van der Waals surface area contributed by atoms with Gasteiger partial charge in [0, 0.05) is 18.6 Å². The lowest BCUT2D eigenvalue weighted by molar-refractivity contribution is 0.178. The Balaban J connectivity index is 2.15. The van der Waals surface area contributed by atoms with Crippen molar-refractivity contribution in [3.8, 4) is 0 Å². The van der Waals surface area contributed by atoms with Gasteiger partial charge in [-0.2, -0.15) is 0 Å². The number of sulfonamides is 1. The SMILES string of the molecule is Cc1cc(CN)ccc1S(=O)(=O)NC1CCN(C)C(C)C1. The van der Waals surface area contributed by atoms with E-state index in [1.807, 2.05) is 13.0 Å². The Morgan fingerprint density at radius 1 is 1.43 bits per heavy atom. The molecule has 0 spiro atoms. The third-order valence-electron chi connectivity index (χ3n) is 4.29. The molecular weight excluding hydrogens is 286 g/mol. The van der Waals surface area contributed by atoms with Gasteiger partial charge in [0.25, 0.3) is 0 Å². The topological polar surface area (TPSA) is 75.4 Å². The van der Waals surface area contributed by atoms with E-state index >= 15 is 0 Å². The summed E-state index contributed by atoms with van der Waals surface area (Å²) in [5.41, 5.74) is 7.27. The minimum absolute atomic E-state index is 0.00906. The van der Waals surface area contributed by atoms with E-state index in [1.54, 1.807) is 12.1 Å². The molecule has 1 aliphatic heterocycles. The largest absolute Gasteiger partial charge is 0.326 e. The van der Waals surface area contributed by atoms with E-state index in [4.69, 9.17) is 5.73 Å². The second-order valence-electron chi connectivity index (χ2n) is 5.98. The summed E-state index contributed by atoms with van der Waals surface area (Å²) in [6, 6.07) is 5.67. The normalized spacial score (nSPS) is 24.2. The van der Waals surface area contributed by atoms with Crippen LogP contribution in [0.3, 0.4) is 0 Å². The lowest BCUT2D eigenvalue weighted by atomic mass is 10.0. The van der Waals surface area contributed by atoms with Crippen LogP contribution in [0.15, 0.2) is 23.1 Å². The van der Waals surface area contributed by atoms with Crippen LogP contribution in [-0.4, -0.2) is 39.0 Å². The summed E-state index contributed by atoms with van der Waals surface area (Å²) in [5, 5.41) is 0.